The van der Waals surface area contributed by atoms with E-state index in [1.165, 1.54) is 31.2 Å². The summed E-state index contributed by atoms with van der Waals surface area (Å²) in [5.74, 6) is 2.56. The van der Waals surface area contributed by atoms with Crippen molar-refractivity contribution in [3.8, 4) is 5.75 Å². The molecule has 5 rings (SSSR count). The SMILES string of the molecule is COc1ccc([C@H]2CCC[C@H]3[C@@H]4C[C@@H](CN(C(=O)[C@H]5CCCN5)C4)CN23)cc1. The number of nitrogens with zero attached hydrogens (tertiary/aromatic N) is 2. The van der Waals surface area contributed by atoms with Crippen LogP contribution in [0.5, 0.6) is 5.75 Å². The number of ether oxygens (including phenoxy) is 1. The summed E-state index contributed by atoms with van der Waals surface area (Å²) in [6, 6.07) is 9.92. The number of hydrogen-bond acceptors (Lipinski definition) is 4. The van der Waals surface area contributed by atoms with E-state index in [0.717, 1.165) is 44.8 Å². The van der Waals surface area contributed by atoms with Gasteiger partial charge in [0.1, 0.15) is 5.75 Å². The molecule has 1 N–H and O–H groups in total. The third-order valence-electron chi connectivity index (χ3n) is 7.56. The Hall–Kier alpha value is -1.59. The van der Waals surface area contributed by atoms with Gasteiger partial charge in [-0.3, -0.25) is 9.69 Å². The van der Waals surface area contributed by atoms with E-state index in [1.807, 2.05) is 0 Å². The average molecular weight is 384 g/mol. The highest BCUT2D eigenvalue weighted by molar-refractivity contribution is 5.82. The fourth-order valence-electron chi connectivity index (χ4n) is 6.29. The molecule has 4 saturated heterocycles. The second-order valence-corrected chi connectivity index (χ2v) is 9.24. The maximum absolute atomic E-state index is 13.0. The van der Waals surface area contributed by atoms with Gasteiger partial charge >= 0.3 is 0 Å². The topological polar surface area (TPSA) is 44.8 Å². The quantitative estimate of drug-likeness (QED) is 0.872. The highest BCUT2D eigenvalue weighted by Crippen LogP contribution is 2.44. The van der Waals surface area contributed by atoms with E-state index >= 15 is 0 Å². The second kappa shape index (κ2) is 7.68. The molecule has 0 saturated carbocycles. The summed E-state index contributed by atoms with van der Waals surface area (Å²) in [6.07, 6.45) is 7.27. The molecule has 0 aromatic heterocycles. The van der Waals surface area contributed by atoms with E-state index in [0.29, 0.717) is 29.8 Å². The van der Waals surface area contributed by atoms with Crippen LogP contribution in [0.3, 0.4) is 0 Å². The van der Waals surface area contributed by atoms with Crippen LogP contribution in [0.15, 0.2) is 24.3 Å². The lowest BCUT2D eigenvalue weighted by Gasteiger charge is -2.55. The minimum Gasteiger partial charge on any atom is -0.497 e. The van der Waals surface area contributed by atoms with Gasteiger partial charge in [0, 0.05) is 31.7 Å². The number of carbonyl (C=O) groups is 1. The third kappa shape index (κ3) is 3.33. The summed E-state index contributed by atoms with van der Waals surface area (Å²) >= 11 is 0. The number of rotatable bonds is 3. The number of fused-ring (bicyclic) bond motifs is 4. The van der Waals surface area contributed by atoms with Crippen LogP contribution in [0.4, 0.5) is 0 Å². The molecule has 152 valence electrons. The molecule has 1 aromatic carbocycles. The Bertz CT molecular complexity index is 700. The zero-order valence-corrected chi connectivity index (χ0v) is 17.0. The standard InChI is InChI=1S/C23H33N3O2/c1-28-19-9-7-17(8-10-19)21-5-2-6-22-18-12-16(14-26(21)22)13-25(15-18)23(27)20-4-3-11-24-20/h7-10,16,18,20-22,24H,2-6,11-15H2,1H3/t16-,18+,20+,21+,22-/m0/s1. The van der Waals surface area contributed by atoms with Crippen molar-refractivity contribution in [2.45, 2.75) is 56.7 Å². The molecule has 4 aliphatic rings. The normalized spacial score (nSPS) is 35.5. The highest BCUT2D eigenvalue weighted by atomic mass is 16.5. The molecule has 1 aromatic rings. The Kier molecular flexibility index (Phi) is 5.06. The monoisotopic (exact) mass is 383 g/mol. The van der Waals surface area contributed by atoms with Gasteiger partial charge in [0.2, 0.25) is 5.91 Å². The maximum Gasteiger partial charge on any atom is 0.239 e. The Morgan fingerprint density at radius 2 is 1.93 bits per heavy atom. The van der Waals surface area contributed by atoms with Crippen LogP contribution >= 0.6 is 0 Å². The van der Waals surface area contributed by atoms with Crippen LogP contribution in [0, 0.1) is 11.8 Å². The van der Waals surface area contributed by atoms with Gasteiger partial charge in [-0.15, -0.1) is 0 Å². The predicted octanol–water partition coefficient (Wildman–Crippen LogP) is 2.82. The molecular formula is C23H33N3O2. The lowest BCUT2D eigenvalue weighted by molar-refractivity contribution is -0.140. The molecule has 4 fully saturated rings. The molecule has 28 heavy (non-hydrogen) atoms. The number of benzene rings is 1. The maximum atomic E-state index is 13.0. The van der Waals surface area contributed by atoms with Crippen molar-refractivity contribution in [2.24, 2.45) is 11.8 Å². The average Bonchev–Trinajstić information content (AvgIpc) is 3.28. The van der Waals surface area contributed by atoms with Gasteiger partial charge in [0.05, 0.1) is 13.2 Å². The van der Waals surface area contributed by atoms with E-state index in [4.69, 9.17) is 4.74 Å². The highest BCUT2D eigenvalue weighted by Gasteiger charge is 2.46. The van der Waals surface area contributed by atoms with Gasteiger partial charge in [-0.1, -0.05) is 12.1 Å². The van der Waals surface area contributed by atoms with Crippen LogP contribution in [-0.4, -0.2) is 61.1 Å². The largest absolute Gasteiger partial charge is 0.497 e. The molecule has 1 amide bonds. The van der Waals surface area contributed by atoms with Crippen molar-refractivity contribution < 1.29 is 9.53 Å². The van der Waals surface area contributed by atoms with Gasteiger partial charge in [0.25, 0.3) is 0 Å². The minimum absolute atomic E-state index is 0.0772. The zero-order chi connectivity index (χ0) is 19.1. The van der Waals surface area contributed by atoms with E-state index in [9.17, 15) is 4.79 Å². The number of hydrogen-bond donors (Lipinski definition) is 1. The second-order valence-electron chi connectivity index (χ2n) is 9.24. The van der Waals surface area contributed by atoms with Crippen molar-refractivity contribution in [2.75, 3.05) is 33.3 Å². The smallest absolute Gasteiger partial charge is 0.239 e. The van der Waals surface area contributed by atoms with Crippen LogP contribution in [0.25, 0.3) is 0 Å². The Labute approximate surface area is 168 Å². The number of nitrogens with one attached hydrogen (secondary N) is 1. The first-order valence-electron chi connectivity index (χ1n) is 11.1. The van der Waals surface area contributed by atoms with Gasteiger partial charge < -0.3 is 15.0 Å². The van der Waals surface area contributed by atoms with Crippen molar-refractivity contribution in [3.05, 3.63) is 29.8 Å². The minimum atomic E-state index is 0.0772. The van der Waals surface area contributed by atoms with Crippen molar-refractivity contribution >= 4 is 5.91 Å². The summed E-state index contributed by atoms with van der Waals surface area (Å²) in [7, 11) is 1.73. The Morgan fingerprint density at radius 1 is 1.07 bits per heavy atom. The summed E-state index contributed by atoms with van der Waals surface area (Å²) in [6.45, 7) is 4.05. The van der Waals surface area contributed by atoms with Gasteiger partial charge in [-0.05, 0) is 74.6 Å². The number of methoxy groups -OCH3 is 1. The van der Waals surface area contributed by atoms with Crippen LogP contribution in [0.1, 0.15) is 50.1 Å². The number of carbonyl (C=O) groups excluding carboxylic acids is 1. The first kappa shape index (κ1) is 18.4. The van der Waals surface area contributed by atoms with Crippen LogP contribution in [0.2, 0.25) is 0 Å². The molecule has 2 bridgehead atoms. The first-order chi connectivity index (χ1) is 13.7. The number of piperidine rings is 3. The lowest BCUT2D eigenvalue weighted by Crippen LogP contribution is -2.61. The molecule has 5 atom stereocenters. The fourth-order valence-corrected chi connectivity index (χ4v) is 6.29. The third-order valence-corrected chi connectivity index (χ3v) is 7.56. The van der Waals surface area contributed by atoms with E-state index in [2.05, 4.69) is 39.4 Å². The molecular weight excluding hydrogens is 350 g/mol. The van der Waals surface area contributed by atoms with Crippen LogP contribution in [-0.2, 0) is 4.79 Å². The van der Waals surface area contributed by atoms with Gasteiger partial charge in [-0.25, -0.2) is 0 Å². The van der Waals surface area contributed by atoms with E-state index in [-0.39, 0.29) is 6.04 Å². The van der Waals surface area contributed by atoms with Gasteiger partial charge in [-0.2, -0.15) is 0 Å². The van der Waals surface area contributed by atoms with Gasteiger partial charge in [0.15, 0.2) is 0 Å². The van der Waals surface area contributed by atoms with Crippen molar-refractivity contribution in [1.82, 2.24) is 15.1 Å². The van der Waals surface area contributed by atoms with Crippen molar-refractivity contribution in [1.29, 1.82) is 0 Å². The molecule has 5 heteroatoms. The zero-order valence-electron chi connectivity index (χ0n) is 17.0. The van der Waals surface area contributed by atoms with E-state index in [1.54, 1.807) is 7.11 Å². The number of amides is 1. The Morgan fingerprint density at radius 3 is 2.68 bits per heavy atom. The molecule has 0 aliphatic carbocycles. The lowest BCUT2D eigenvalue weighted by atomic mass is 9.73. The Balaban J connectivity index is 1.32. The summed E-state index contributed by atoms with van der Waals surface area (Å²) < 4.78 is 5.34. The molecule has 0 spiro atoms. The summed E-state index contributed by atoms with van der Waals surface area (Å²) in [5, 5.41) is 3.40. The van der Waals surface area contributed by atoms with Crippen LogP contribution < -0.4 is 10.1 Å². The predicted molar refractivity (Wildman–Crippen MR) is 109 cm³/mol. The molecule has 4 aliphatic heterocycles. The fraction of sp³-hybridized carbons (Fsp3) is 0.696. The van der Waals surface area contributed by atoms with E-state index < -0.39 is 0 Å². The summed E-state index contributed by atoms with van der Waals surface area (Å²) in [4.78, 5) is 18.0. The molecule has 4 heterocycles. The first-order valence-corrected chi connectivity index (χ1v) is 11.1. The van der Waals surface area contributed by atoms with Crippen molar-refractivity contribution in [3.63, 3.8) is 0 Å². The number of likely N-dealkylation sites (tertiary alicyclic amines) is 1. The summed E-state index contributed by atoms with van der Waals surface area (Å²) in [5.41, 5.74) is 1.42. The molecule has 0 unspecified atom stereocenters. The molecule has 0 radical (unpaired) electrons. The molecule has 5 nitrogen and oxygen atoms in total.